The maximum absolute atomic E-state index is 12.2. The molecular formula is C18H19N7O3. The van der Waals surface area contributed by atoms with Gasteiger partial charge < -0.3 is 9.67 Å². The van der Waals surface area contributed by atoms with Gasteiger partial charge in [0.2, 0.25) is 0 Å². The molecule has 0 unspecified atom stereocenters. The minimum atomic E-state index is -1.07. The average Bonchev–Trinajstić information content (AvgIpc) is 3.11. The molecule has 0 fully saturated rings. The van der Waals surface area contributed by atoms with Gasteiger partial charge in [-0.1, -0.05) is 6.07 Å². The zero-order valence-electron chi connectivity index (χ0n) is 15.5. The lowest BCUT2D eigenvalue weighted by atomic mass is 10.2. The van der Waals surface area contributed by atoms with Crippen LogP contribution in [0.15, 0.2) is 36.7 Å². The van der Waals surface area contributed by atoms with Crippen LogP contribution in [0.3, 0.4) is 0 Å². The van der Waals surface area contributed by atoms with Crippen molar-refractivity contribution in [2.45, 2.75) is 26.8 Å². The highest BCUT2D eigenvalue weighted by Crippen LogP contribution is 2.20. The van der Waals surface area contributed by atoms with E-state index < -0.39 is 12.0 Å². The number of aryl methyl sites for hydroxylation is 1. The molecule has 0 aliphatic rings. The number of carbonyl (C=O) groups is 2. The highest BCUT2D eigenvalue weighted by Gasteiger charge is 2.13. The van der Waals surface area contributed by atoms with E-state index in [0.29, 0.717) is 23.0 Å². The quantitative estimate of drug-likeness (QED) is 0.618. The second-order valence-corrected chi connectivity index (χ2v) is 6.28. The number of aromatic nitrogens is 5. The van der Waals surface area contributed by atoms with Gasteiger partial charge in [0.1, 0.15) is 23.7 Å². The normalized spacial score (nSPS) is 10.7. The first-order valence-corrected chi connectivity index (χ1v) is 8.51. The van der Waals surface area contributed by atoms with E-state index in [2.05, 4.69) is 30.8 Å². The molecule has 10 nitrogen and oxygen atoms in total. The molecule has 2 amide bonds. The van der Waals surface area contributed by atoms with Crippen LogP contribution in [0.2, 0.25) is 0 Å². The van der Waals surface area contributed by atoms with E-state index in [1.165, 1.54) is 12.1 Å². The molecule has 0 aliphatic carbocycles. The van der Waals surface area contributed by atoms with Gasteiger partial charge in [-0.25, -0.2) is 19.6 Å². The Labute approximate surface area is 160 Å². The Balaban J connectivity index is 1.74. The Morgan fingerprint density at radius 1 is 1.07 bits per heavy atom. The molecule has 3 rings (SSSR count). The van der Waals surface area contributed by atoms with Crippen LogP contribution in [0.25, 0.3) is 11.5 Å². The number of hydrogen-bond acceptors (Lipinski definition) is 6. The van der Waals surface area contributed by atoms with Crippen LogP contribution >= 0.6 is 0 Å². The Bertz CT molecular complexity index is 1030. The largest absolute Gasteiger partial charge is 0.478 e. The number of carboxylic acid groups (broad SMARTS) is 1. The number of rotatable bonds is 5. The minimum Gasteiger partial charge on any atom is -0.478 e. The number of urea groups is 1. The van der Waals surface area contributed by atoms with Gasteiger partial charge in [0, 0.05) is 6.04 Å². The number of pyridine rings is 2. The van der Waals surface area contributed by atoms with Gasteiger partial charge in [-0.05, 0) is 45.0 Å². The number of nitrogens with zero attached hydrogens (tertiary/aromatic N) is 5. The molecule has 10 heteroatoms. The summed E-state index contributed by atoms with van der Waals surface area (Å²) in [6.45, 7) is 5.57. The summed E-state index contributed by atoms with van der Waals surface area (Å²) in [6, 6.07) is 7.59. The van der Waals surface area contributed by atoms with Crippen molar-refractivity contribution in [3.8, 4) is 11.5 Å². The van der Waals surface area contributed by atoms with E-state index in [1.807, 2.05) is 18.4 Å². The maximum Gasteiger partial charge on any atom is 0.337 e. The molecule has 0 atom stereocenters. The predicted molar refractivity (Wildman–Crippen MR) is 102 cm³/mol. The topological polar surface area (TPSA) is 135 Å². The molecule has 0 saturated heterocycles. The van der Waals surface area contributed by atoms with Crippen LogP contribution in [0, 0.1) is 6.92 Å². The summed E-state index contributed by atoms with van der Waals surface area (Å²) in [7, 11) is 0. The van der Waals surface area contributed by atoms with Gasteiger partial charge in [0.05, 0.1) is 11.3 Å². The van der Waals surface area contributed by atoms with Gasteiger partial charge in [-0.2, -0.15) is 0 Å². The van der Waals surface area contributed by atoms with E-state index in [0.717, 1.165) is 0 Å². The molecule has 3 aromatic rings. The van der Waals surface area contributed by atoms with Crippen molar-refractivity contribution < 1.29 is 14.7 Å². The number of carbonyl (C=O) groups excluding carboxylic acids is 1. The molecule has 0 saturated carbocycles. The van der Waals surface area contributed by atoms with Crippen molar-refractivity contribution in [2.24, 2.45) is 0 Å². The molecule has 0 spiro atoms. The van der Waals surface area contributed by atoms with Crippen LogP contribution in [-0.4, -0.2) is 41.8 Å². The van der Waals surface area contributed by atoms with Crippen molar-refractivity contribution in [3.63, 3.8) is 0 Å². The van der Waals surface area contributed by atoms with Crippen molar-refractivity contribution >= 4 is 23.6 Å². The van der Waals surface area contributed by atoms with Gasteiger partial charge >= 0.3 is 12.0 Å². The summed E-state index contributed by atoms with van der Waals surface area (Å²) in [5.41, 5.74) is 0.955. The third-order valence-corrected chi connectivity index (χ3v) is 3.91. The van der Waals surface area contributed by atoms with Gasteiger partial charge in [-0.3, -0.25) is 10.6 Å². The Morgan fingerprint density at radius 3 is 2.43 bits per heavy atom. The van der Waals surface area contributed by atoms with Crippen LogP contribution in [0.1, 0.15) is 35.9 Å². The van der Waals surface area contributed by atoms with Crippen LogP contribution in [0.5, 0.6) is 0 Å². The Kier molecular flexibility index (Phi) is 5.30. The second-order valence-electron chi connectivity index (χ2n) is 6.28. The van der Waals surface area contributed by atoms with Crippen LogP contribution < -0.4 is 10.6 Å². The molecule has 3 aromatic heterocycles. The van der Waals surface area contributed by atoms with E-state index >= 15 is 0 Å². The summed E-state index contributed by atoms with van der Waals surface area (Å²) in [5.74, 6) is 0.0831. The lowest BCUT2D eigenvalue weighted by Crippen LogP contribution is -2.21. The first-order chi connectivity index (χ1) is 13.3. The molecule has 0 aliphatic heterocycles. The fourth-order valence-corrected chi connectivity index (χ4v) is 2.55. The van der Waals surface area contributed by atoms with Crippen LogP contribution in [0.4, 0.5) is 16.4 Å². The fraction of sp³-hybridized carbons (Fsp3) is 0.222. The van der Waals surface area contributed by atoms with Crippen molar-refractivity contribution in [1.29, 1.82) is 0 Å². The number of amides is 2. The molecule has 144 valence electrons. The van der Waals surface area contributed by atoms with Gasteiger partial charge in [-0.15, -0.1) is 10.2 Å². The van der Waals surface area contributed by atoms with Crippen molar-refractivity contribution in [3.05, 3.63) is 47.9 Å². The molecule has 0 radical (unpaired) electrons. The molecular weight excluding hydrogens is 362 g/mol. The predicted octanol–water partition coefficient (Wildman–Crippen LogP) is 2.97. The lowest BCUT2D eigenvalue weighted by Gasteiger charge is -2.11. The van der Waals surface area contributed by atoms with Gasteiger partial charge in [0.15, 0.2) is 5.82 Å². The Morgan fingerprint density at radius 2 is 1.79 bits per heavy atom. The molecule has 0 bridgehead atoms. The first-order valence-electron chi connectivity index (χ1n) is 8.51. The summed E-state index contributed by atoms with van der Waals surface area (Å²) >= 11 is 0. The summed E-state index contributed by atoms with van der Waals surface area (Å²) in [5, 5.41) is 22.2. The second kappa shape index (κ2) is 7.82. The number of nitrogens with one attached hydrogen (secondary N) is 2. The third kappa shape index (κ3) is 4.11. The number of hydrogen-bond donors (Lipinski definition) is 3. The zero-order chi connectivity index (χ0) is 20.3. The zero-order valence-corrected chi connectivity index (χ0v) is 15.5. The van der Waals surface area contributed by atoms with Gasteiger partial charge in [0.25, 0.3) is 0 Å². The standard InChI is InChI=1S/C18H19N7O3/c1-10(2)25-9-19-24-16(25)13-5-4-6-14(21-13)22-18(28)23-15-8-7-12(17(26)27)11(3)20-15/h4-10H,1-3H3,(H,26,27)(H2,20,21,22,23,28). The fourth-order valence-electron chi connectivity index (χ4n) is 2.55. The summed E-state index contributed by atoms with van der Waals surface area (Å²) < 4.78 is 1.88. The molecule has 0 aromatic carbocycles. The molecule has 3 N–H and O–H groups in total. The van der Waals surface area contributed by atoms with E-state index in [9.17, 15) is 9.59 Å². The first kappa shape index (κ1) is 19.0. The number of carboxylic acids is 1. The SMILES string of the molecule is Cc1nc(NC(=O)Nc2cccc(-c3nncn3C(C)C)n2)ccc1C(=O)O. The monoisotopic (exact) mass is 381 g/mol. The third-order valence-electron chi connectivity index (χ3n) is 3.91. The minimum absolute atomic E-state index is 0.0783. The smallest absolute Gasteiger partial charge is 0.337 e. The average molecular weight is 381 g/mol. The van der Waals surface area contributed by atoms with Crippen molar-refractivity contribution in [2.75, 3.05) is 10.6 Å². The van der Waals surface area contributed by atoms with E-state index in [-0.39, 0.29) is 17.4 Å². The molecule has 28 heavy (non-hydrogen) atoms. The Hall–Kier alpha value is -3.82. The maximum atomic E-state index is 12.2. The lowest BCUT2D eigenvalue weighted by molar-refractivity contribution is 0.0695. The van der Waals surface area contributed by atoms with Crippen LogP contribution in [-0.2, 0) is 0 Å². The van der Waals surface area contributed by atoms with E-state index in [1.54, 1.807) is 31.5 Å². The summed E-state index contributed by atoms with van der Waals surface area (Å²) in [4.78, 5) is 31.7. The number of anilines is 2. The van der Waals surface area contributed by atoms with Crippen molar-refractivity contribution in [1.82, 2.24) is 24.7 Å². The van der Waals surface area contributed by atoms with E-state index in [4.69, 9.17) is 5.11 Å². The highest BCUT2D eigenvalue weighted by atomic mass is 16.4. The molecule has 3 heterocycles. The number of aromatic carboxylic acids is 1. The highest BCUT2D eigenvalue weighted by molar-refractivity contribution is 5.99. The summed E-state index contributed by atoms with van der Waals surface area (Å²) in [6.07, 6.45) is 1.63.